The van der Waals surface area contributed by atoms with Crippen LogP contribution in [0.25, 0.3) is 0 Å². The van der Waals surface area contributed by atoms with Gasteiger partial charge in [0.25, 0.3) is 10.0 Å². The minimum atomic E-state index is -3.67. The number of anilines is 1. The van der Waals surface area contributed by atoms with Crippen LogP contribution in [0.4, 0.5) is 11.4 Å². The van der Waals surface area contributed by atoms with E-state index in [9.17, 15) is 8.42 Å². The van der Waals surface area contributed by atoms with Gasteiger partial charge in [-0.05, 0) is 42.3 Å². The first kappa shape index (κ1) is 15.6. The van der Waals surface area contributed by atoms with Crippen LogP contribution in [-0.4, -0.2) is 21.2 Å². The molecule has 3 rings (SSSR count). The number of benzene rings is 2. The van der Waals surface area contributed by atoms with E-state index in [0.717, 1.165) is 23.4 Å². The molecule has 0 aromatic heterocycles. The molecule has 2 aromatic carbocycles. The van der Waals surface area contributed by atoms with Crippen molar-refractivity contribution < 1.29 is 13.2 Å². The van der Waals surface area contributed by atoms with E-state index in [1.165, 1.54) is 7.11 Å². The molecule has 1 aliphatic heterocycles. The molecule has 6 heteroatoms. The van der Waals surface area contributed by atoms with Gasteiger partial charge in [0.05, 0.1) is 23.4 Å². The molecule has 5 nitrogen and oxygen atoms in total. The molecule has 1 aliphatic rings. The number of hydrogen-bond donors (Lipinski definition) is 1. The third-order valence-corrected chi connectivity index (χ3v) is 5.16. The standard InChI is InChI=1S/C17H18N2O3S/c1-3-13-10-12-11-14(8-9-15(12)18-13)23(20,21)19-16-6-4-5-7-17(16)22-2/h4-9,11,19H,3,10H2,1-2H3. The van der Waals surface area contributed by atoms with Gasteiger partial charge in [-0.2, -0.15) is 0 Å². The molecule has 0 spiro atoms. The van der Waals surface area contributed by atoms with Crippen molar-refractivity contribution in [2.75, 3.05) is 11.8 Å². The average molecular weight is 330 g/mol. The lowest BCUT2D eigenvalue weighted by Gasteiger charge is -2.12. The number of nitrogens with one attached hydrogen (secondary N) is 1. The SMILES string of the molecule is CCC1=Nc2ccc(S(=O)(=O)Nc3ccccc3OC)cc2C1. The monoisotopic (exact) mass is 330 g/mol. The molecule has 23 heavy (non-hydrogen) atoms. The van der Waals surface area contributed by atoms with Crippen LogP contribution in [0, 0.1) is 0 Å². The molecule has 120 valence electrons. The number of nitrogens with zero attached hydrogens (tertiary/aromatic N) is 1. The second kappa shape index (κ2) is 6.04. The van der Waals surface area contributed by atoms with Crippen LogP contribution < -0.4 is 9.46 Å². The van der Waals surface area contributed by atoms with E-state index in [4.69, 9.17) is 4.74 Å². The summed E-state index contributed by atoms with van der Waals surface area (Å²) in [4.78, 5) is 4.72. The minimum Gasteiger partial charge on any atom is -0.495 e. The Morgan fingerprint density at radius 3 is 2.74 bits per heavy atom. The van der Waals surface area contributed by atoms with Gasteiger partial charge < -0.3 is 4.74 Å². The molecule has 1 N–H and O–H groups in total. The lowest BCUT2D eigenvalue weighted by molar-refractivity contribution is 0.417. The fourth-order valence-corrected chi connectivity index (χ4v) is 3.67. The van der Waals surface area contributed by atoms with Crippen LogP contribution in [0.1, 0.15) is 18.9 Å². The lowest BCUT2D eigenvalue weighted by atomic mass is 10.1. The largest absolute Gasteiger partial charge is 0.495 e. The summed E-state index contributed by atoms with van der Waals surface area (Å²) in [6.45, 7) is 2.05. The quantitative estimate of drug-likeness (QED) is 0.912. The van der Waals surface area contributed by atoms with Crippen molar-refractivity contribution in [3.8, 4) is 5.75 Å². The van der Waals surface area contributed by atoms with Crippen LogP contribution in [-0.2, 0) is 16.4 Å². The van der Waals surface area contributed by atoms with Gasteiger partial charge in [0, 0.05) is 12.1 Å². The summed E-state index contributed by atoms with van der Waals surface area (Å²) in [5.41, 5.74) is 3.30. The first-order chi connectivity index (χ1) is 11.0. The fourth-order valence-electron chi connectivity index (χ4n) is 2.55. The molecule has 0 bridgehead atoms. The number of para-hydroxylation sites is 2. The molecule has 0 unspecified atom stereocenters. The highest BCUT2D eigenvalue weighted by atomic mass is 32.2. The Hall–Kier alpha value is -2.34. The summed E-state index contributed by atoms with van der Waals surface area (Å²) >= 11 is 0. The first-order valence-electron chi connectivity index (χ1n) is 7.38. The van der Waals surface area contributed by atoms with Gasteiger partial charge in [0.1, 0.15) is 5.75 Å². The molecule has 0 atom stereocenters. The number of hydrogen-bond acceptors (Lipinski definition) is 4. The van der Waals surface area contributed by atoms with E-state index >= 15 is 0 Å². The lowest BCUT2D eigenvalue weighted by Crippen LogP contribution is -2.13. The van der Waals surface area contributed by atoms with Gasteiger partial charge in [-0.1, -0.05) is 19.1 Å². The maximum atomic E-state index is 12.6. The Balaban J connectivity index is 1.90. The molecular formula is C17H18N2O3S. The zero-order valence-corrected chi connectivity index (χ0v) is 13.9. The van der Waals surface area contributed by atoms with Gasteiger partial charge in [-0.25, -0.2) is 8.42 Å². The highest BCUT2D eigenvalue weighted by Crippen LogP contribution is 2.31. The molecule has 0 aliphatic carbocycles. The maximum Gasteiger partial charge on any atom is 0.262 e. The zero-order chi connectivity index (χ0) is 16.4. The Bertz CT molecular complexity index is 873. The van der Waals surface area contributed by atoms with Gasteiger partial charge in [0.2, 0.25) is 0 Å². The van der Waals surface area contributed by atoms with Crippen molar-refractivity contribution in [1.29, 1.82) is 0 Å². The summed E-state index contributed by atoms with van der Waals surface area (Å²) in [6.07, 6.45) is 1.58. The predicted octanol–water partition coefficient (Wildman–Crippen LogP) is 3.53. The first-order valence-corrected chi connectivity index (χ1v) is 8.87. The second-order valence-electron chi connectivity index (χ2n) is 5.30. The summed E-state index contributed by atoms with van der Waals surface area (Å²) in [6, 6.07) is 12.0. The number of methoxy groups -OCH3 is 1. The van der Waals surface area contributed by atoms with Crippen molar-refractivity contribution in [2.24, 2.45) is 4.99 Å². The third kappa shape index (κ3) is 3.07. The second-order valence-corrected chi connectivity index (χ2v) is 6.99. The molecule has 0 amide bonds. The van der Waals surface area contributed by atoms with Crippen LogP contribution >= 0.6 is 0 Å². The van der Waals surface area contributed by atoms with Crippen LogP contribution in [0.5, 0.6) is 5.75 Å². The van der Waals surface area contributed by atoms with Crippen LogP contribution in [0.2, 0.25) is 0 Å². The minimum absolute atomic E-state index is 0.231. The Morgan fingerprint density at radius 2 is 2.00 bits per heavy atom. The highest BCUT2D eigenvalue weighted by Gasteiger charge is 2.20. The molecular weight excluding hydrogens is 312 g/mol. The van der Waals surface area contributed by atoms with E-state index in [2.05, 4.69) is 9.71 Å². The topological polar surface area (TPSA) is 67.8 Å². The smallest absolute Gasteiger partial charge is 0.262 e. The molecule has 2 aromatic rings. The predicted molar refractivity (Wildman–Crippen MR) is 91.3 cm³/mol. The number of rotatable bonds is 5. The number of sulfonamides is 1. The van der Waals surface area contributed by atoms with E-state index in [1.54, 1.807) is 42.5 Å². The third-order valence-electron chi connectivity index (χ3n) is 3.79. The van der Waals surface area contributed by atoms with Crippen molar-refractivity contribution in [3.63, 3.8) is 0 Å². The van der Waals surface area contributed by atoms with Crippen LogP contribution in [0.3, 0.4) is 0 Å². The molecule has 1 heterocycles. The Morgan fingerprint density at radius 1 is 1.22 bits per heavy atom. The summed E-state index contributed by atoms with van der Waals surface area (Å²) < 4.78 is 33.0. The molecule has 0 saturated heterocycles. The number of fused-ring (bicyclic) bond motifs is 1. The van der Waals surface area contributed by atoms with Gasteiger partial charge in [0.15, 0.2) is 0 Å². The summed E-state index contributed by atoms with van der Waals surface area (Å²) in [5, 5.41) is 0. The van der Waals surface area contributed by atoms with Gasteiger partial charge in [-0.15, -0.1) is 0 Å². The van der Waals surface area contributed by atoms with E-state index in [0.29, 0.717) is 17.9 Å². The van der Waals surface area contributed by atoms with Crippen molar-refractivity contribution in [2.45, 2.75) is 24.7 Å². The highest BCUT2D eigenvalue weighted by molar-refractivity contribution is 7.92. The maximum absolute atomic E-state index is 12.6. The molecule has 0 fully saturated rings. The van der Waals surface area contributed by atoms with E-state index in [1.807, 2.05) is 6.92 Å². The zero-order valence-electron chi connectivity index (χ0n) is 13.0. The normalized spacial score (nSPS) is 13.4. The van der Waals surface area contributed by atoms with E-state index in [-0.39, 0.29) is 4.90 Å². The molecule has 0 saturated carbocycles. The van der Waals surface area contributed by atoms with Crippen LogP contribution in [0.15, 0.2) is 52.4 Å². The van der Waals surface area contributed by atoms with Crippen molar-refractivity contribution in [1.82, 2.24) is 0 Å². The number of aliphatic imine (C=N–C) groups is 1. The summed E-state index contributed by atoms with van der Waals surface area (Å²) in [7, 11) is -2.17. The van der Waals surface area contributed by atoms with Gasteiger partial charge >= 0.3 is 0 Å². The number of ether oxygens (including phenoxy) is 1. The Labute approximate surface area is 136 Å². The fraction of sp³-hybridized carbons (Fsp3) is 0.235. The average Bonchev–Trinajstić information content (AvgIpc) is 2.97. The van der Waals surface area contributed by atoms with Crippen molar-refractivity contribution >= 4 is 27.1 Å². The molecule has 0 radical (unpaired) electrons. The van der Waals surface area contributed by atoms with Gasteiger partial charge in [-0.3, -0.25) is 9.71 Å². The Kier molecular flexibility index (Phi) is 4.09. The van der Waals surface area contributed by atoms with E-state index < -0.39 is 10.0 Å². The van der Waals surface area contributed by atoms with Crippen molar-refractivity contribution in [3.05, 3.63) is 48.0 Å². The summed E-state index contributed by atoms with van der Waals surface area (Å²) in [5.74, 6) is 0.480.